The number of hydrogen-bond acceptors (Lipinski definition) is 9. The van der Waals surface area contributed by atoms with Crippen molar-refractivity contribution < 1.29 is 28.7 Å². The molecule has 0 saturated carbocycles. The number of ether oxygens (including phenoxy) is 3. The number of carbonyl (C=O) groups is 1. The van der Waals surface area contributed by atoms with Crippen LogP contribution < -0.4 is 9.47 Å². The highest BCUT2D eigenvalue weighted by Gasteiger charge is 2.17. The maximum absolute atomic E-state index is 12.1. The summed E-state index contributed by atoms with van der Waals surface area (Å²) >= 11 is 0. The molecule has 0 aliphatic carbocycles. The van der Waals surface area contributed by atoms with Crippen LogP contribution in [0.5, 0.6) is 11.5 Å². The zero-order valence-electron chi connectivity index (χ0n) is 14.8. The molecular formula is C15H25N3O6. The van der Waals surface area contributed by atoms with Gasteiger partial charge in [-0.15, -0.1) is 0 Å². The monoisotopic (exact) mass is 343 g/mol. The van der Waals surface area contributed by atoms with Gasteiger partial charge in [-0.3, -0.25) is 0 Å². The first-order valence-electron chi connectivity index (χ1n) is 7.36. The summed E-state index contributed by atoms with van der Waals surface area (Å²) in [6, 6.07) is 1.59. The van der Waals surface area contributed by atoms with Crippen LogP contribution in [0.25, 0.3) is 0 Å². The van der Waals surface area contributed by atoms with Crippen LogP contribution in [0.2, 0.25) is 0 Å². The summed E-state index contributed by atoms with van der Waals surface area (Å²) in [7, 11) is 8.10. The SMILES string of the molecule is COc1cc(OCCN(C)OC)cnc1C(=O)OCCN(C)OC. The Labute approximate surface area is 141 Å². The third-order valence-corrected chi connectivity index (χ3v) is 3.18. The van der Waals surface area contributed by atoms with Gasteiger partial charge in [-0.25, -0.2) is 9.78 Å². The van der Waals surface area contributed by atoms with Crippen molar-refractivity contribution in [3.8, 4) is 11.5 Å². The summed E-state index contributed by atoms with van der Waals surface area (Å²) < 4.78 is 15.9. The van der Waals surface area contributed by atoms with Crippen molar-refractivity contribution >= 4 is 5.97 Å². The molecule has 1 heterocycles. The average molecular weight is 343 g/mol. The highest BCUT2D eigenvalue weighted by molar-refractivity contribution is 5.90. The van der Waals surface area contributed by atoms with Gasteiger partial charge in [-0.1, -0.05) is 0 Å². The highest BCUT2D eigenvalue weighted by Crippen LogP contribution is 2.23. The minimum absolute atomic E-state index is 0.0962. The van der Waals surface area contributed by atoms with E-state index in [0.29, 0.717) is 25.4 Å². The van der Waals surface area contributed by atoms with Gasteiger partial charge in [0.1, 0.15) is 19.0 Å². The Kier molecular flexibility index (Phi) is 9.02. The maximum Gasteiger partial charge on any atom is 0.360 e. The second-order valence-corrected chi connectivity index (χ2v) is 4.77. The van der Waals surface area contributed by atoms with Crippen LogP contribution in [0.4, 0.5) is 0 Å². The van der Waals surface area contributed by atoms with Gasteiger partial charge in [0.15, 0.2) is 11.4 Å². The zero-order valence-corrected chi connectivity index (χ0v) is 14.8. The number of aromatic nitrogens is 1. The van der Waals surface area contributed by atoms with E-state index in [0.717, 1.165) is 0 Å². The van der Waals surface area contributed by atoms with E-state index in [1.165, 1.54) is 20.4 Å². The number of likely N-dealkylation sites (N-methyl/N-ethyl adjacent to an activating group) is 2. The minimum Gasteiger partial charge on any atom is -0.494 e. The molecular weight excluding hydrogens is 318 g/mol. The number of hydrogen-bond donors (Lipinski definition) is 0. The standard InChI is InChI=1S/C15H25N3O6/c1-17(21-4)6-8-23-12-10-13(20-3)14(16-11-12)15(19)24-9-7-18(2)22-5/h10-11H,6-9H2,1-5H3. The number of esters is 1. The lowest BCUT2D eigenvalue weighted by molar-refractivity contribution is -0.116. The Hall–Kier alpha value is -1.94. The van der Waals surface area contributed by atoms with Crippen molar-refractivity contribution in [2.45, 2.75) is 0 Å². The van der Waals surface area contributed by atoms with Crippen LogP contribution in [0.3, 0.4) is 0 Å². The largest absolute Gasteiger partial charge is 0.494 e. The van der Waals surface area contributed by atoms with Gasteiger partial charge in [-0.05, 0) is 0 Å². The predicted molar refractivity (Wildman–Crippen MR) is 85.8 cm³/mol. The van der Waals surface area contributed by atoms with E-state index in [1.54, 1.807) is 37.4 Å². The Morgan fingerprint density at radius 2 is 1.71 bits per heavy atom. The molecule has 1 rings (SSSR count). The van der Waals surface area contributed by atoms with Crippen molar-refractivity contribution in [1.82, 2.24) is 15.1 Å². The quantitative estimate of drug-likeness (QED) is 0.424. The van der Waals surface area contributed by atoms with E-state index in [2.05, 4.69) is 4.98 Å². The fraction of sp³-hybridized carbons (Fsp3) is 0.600. The van der Waals surface area contributed by atoms with Gasteiger partial charge in [-0.2, -0.15) is 10.1 Å². The lowest BCUT2D eigenvalue weighted by Crippen LogP contribution is -2.24. The number of methoxy groups -OCH3 is 1. The predicted octanol–water partition coefficient (Wildman–Crippen LogP) is 0.612. The number of rotatable bonds is 11. The molecule has 0 N–H and O–H groups in total. The molecule has 0 aliphatic heterocycles. The number of carbonyl (C=O) groups excluding carboxylic acids is 1. The van der Waals surface area contributed by atoms with Crippen LogP contribution in [0.1, 0.15) is 10.5 Å². The van der Waals surface area contributed by atoms with E-state index in [1.807, 2.05) is 0 Å². The van der Waals surface area contributed by atoms with Gasteiger partial charge in [0.25, 0.3) is 0 Å². The first-order valence-corrected chi connectivity index (χ1v) is 7.36. The van der Waals surface area contributed by atoms with Crippen molar-refractivity contribution in [2.24, 2.45) is 0 Å². The van der Waals surface area contributed by atoms with E-state index in [4.69, 9.17) is 23.9 Å². The molecule has 1 aromatic rings. The van der Waals surface area contributed by atoms with Gasteiger partial charge in [0.2, 0.25) is 0 Å². The molecule has 24 heavy (non-hydrogen) atoms. The van der Waals surface area contributed by atoms with Gasteiger partial charge in [0.05, 0.1) is 40.6 Å². The summed E-state index contributed by atoms with van der Waals surface area (Å²) in [5.41, 5.74) is 0.0962. The first-order chi connectivity index (χ1) is 11.5. The molecule has 0 atom stereocenters. The minimum atomic E-state index is -0.568. The molecule has 0 spiro atoms. The molecule has 0 unspecified atom stereocenters. The smallest absolute Gasteiger partial charge is 0.360 e. The molecule has 136 valence electrons. The third kappa shape index (κ3) is 6.67. The second kappa shape index (κ2) is 10.8. The molecule has 0 radical (unpaired) electrons. The number of pyridine rings is 1. The first kappa shape index (κ1) is 20.1. The van der Waals surface area contributed by atoms with Crippen LogP contribution >= 0.6 is 0 Å². The highest BCUT2D eigenvalue weighted by atomic mass is 16.7. The fourth-order valence-corrected chi connectivity index (χ4v) is 1.62. The van der Waals surface area contributed by atoms with Crippen LogP contribution in [-0.4, -0.2) is 82.8 Å². The zero-order chi connectivity index (χ0) is 17.9. The normalized spacial score (nSPS) is 11.0. The summed E-state index contributed by atoms with van der Waals surface area (Å²) in [6.45, 7) is 1.60. The maximum atomic E-state index is 12.1. The van der Waals surface area contributed by atoms with Crippen LogP contribution in [0, 0.1) is 0 Å². The van der Waals surface area contributed by atoms with Crippen molar-refractivity contribution in [2.75, 3.05) is 61.7 Å². The fourth-order valence-electron chi connectivity index (χ4n) is 1.62. The van der Waals surface area contributed by atoms with E-state index < -0.39 is 5.97 Å². The molecule has 0 fully saturated rings. The summed E-state index contributed by atoms with van der Waals surface area (Å²) in [5.74, 6) is 0.215. The summed E-state index contributed by atoms with van der Waals surface area (Å²) in [6.07, 6.45) is 1.45. The Morgan fingerprint density at radius 1 is 1.08 bits per heavy atom. The molecule has 9 nitrogen and oxygen atoms in total. The summed E-state index contributed by atoms with van der Waals surface area (Å²) in [5, 5.41) is 3.18. The van der Waals surface area contributed by atoms with E-state index in [-0.39, 0.29) is 18.1 Å². The topological polar surface area (TPSA) is 82.6 Å². The number of nitrogens with zero attached hydrogens (tertiary/aromatic N) is 3. The Morgan fingerprint density at radius 3 is 2.29 bits per heavy atom. The van der Waals surface area contributed by atoms with Crippen molar-refractivity contribution in [3.05, 3.63) is 18.0 Å². The molecule has 9 heteroatoms. The number of hydroxylamine groups is 4. The molecule has 0 bridgehead atoms. The van der Waals surface area contributed by atoms with Crippen LogP contribution in [-0.2, 0) is 14.4 Å². The second-order valence-electron chi connectivity index (χ2n) is 4.77. The van der Waals surface area contributed by atoms with Gasteiger partial charge >= 0.3 is 5.97 Å². The Balaban J connectivity index is 2.60. The van der Waals surface area contributed by atoms with Crippen LogP contribution in [0.15, 0.2) is 12.3 Å². The Bertz CT molecular complexity index is 514. The molecule has 0 aromatic carbocycles. The van der Waals surface area contributed by atoms with Crippen molar-refractivity contribution in [1.29, 1.82) is 0 Å². The third-order valence-electron chi connectivity index (χ3n) is 3.18. The van der Waals surface area contributed by atoms with Crippen molar-refractivity contribution in [3.63, 3.8) is 0 Å². The van der Waals surface area contributed by atoms with E-state index >= 15 is 0 Å². The average Bonchev–Trinajstić information content (AvgIpc) is 2.60. The lowest BCUT2D eigenvalue weighted by atomic mass is 10.3. The van der Waals surface area contributed by atoms with E-state index in [9.17, 15) is 4.79 Å². The molecule has 1 aromatic heterocycles. The lowest BCUT2D eigenvalue weighted by Gasteiger charge is -2.15. The van der Waals surface area contributed by atoms with Gasteiger partial charge < -0.3 is 23.9 Å². The molecule has 0 amide bonds. The molecule has 0 saturated heterocycles. The van der Waals surface area contributed by atoms with Gasteiger partial charge in [0, 0.05) is 20.2 Å². The molecule has 0 aliphatic rings. The summed E-state index contributed by atoms with van der Waals surface area (Å²) in [4.78, 5) is 26.0.